The summed E-state index contributed by atoms with van der Waals surface area (Å²) in [6, 6.07) is 3.70. The van der Waals surface area contributed by atoms with Crippen LogP contribution in [-0.2, 0) is 6.42 Å². The van der Waals surface area contributed by atoms with Crippen LogP contribution in [0.25, 0.3) is 0 Å². The van der Waals surface area contributed by atoms with Crippen LogP contribution in [0, 0.1) is 6.92 Å². The summed E-state index contributed by atoms with van der Waals surface area (Å²) in [7, 11) is 0. The van der Waals surface area contributed by atoms with Gasteiger partial charge in [0.15, 0.2) is 0 Å². The van der Waals surface area contributed by atoms with Crippen molar-refractivity contribution in [3.63, 3.8) is 0 Å². The van der Waals surface area contributed by atoms with Crippen LogP contribution >= 0.6 is 0 Å². The number of anilines is 1. The molecule has 0 spiro atoms. The molecule has 9 heavy (non-hydrogen) atoms. The van der Waals surface area contributed by atoms with Crippen LogP contribution in [0.1, 0.15) is 5.69 Å². The van der Waals surface area contributed by atoms with Crippen molar-refractivity contribution >= 4 is 5.69 Å². The van der Waals surface area contributed by atoms with Gasteiger partial charge in [-0.05, 0) is 25.5 Å². The van der Waals surface area contributed by atoms with Crippen molar-refractivity contribution in [1.29, 1.82) is 0 Å². The van der Waals surface area contributed by atoms with E-state index in [4.69, 9.17) is 5.73 Å². The molecule has 0 amide bonds. The minimum atomic E-state index is 0.701. The summed E-state index contributed by atoms with van der Waals surface area (Å²) in [5.41, 5.74) is 7.08. The first-order valence-electron chi connectivity index (χ1n) is 2.82. The lowest BCUT2D eigenvalue weighted by atomic mass is 10.3. The Morgan fingerprint density at radius 2 is 2.33 bits per heavy atom. The van der Waals surface area contributed by atoms with Gasteiger partial charge in [0.2, 0.25) is 0 Å². The Balaban J connectivity index is 2.88. The number of nitrogen functional groups attached to an aromatic ring is 1. The van der Waals surface area contributed by atoms with Crippen molar-refractivity contribution < 1.29 is 0 Å². The Bertz CT molecular complexity index is 179. The first-order chi connectivity index (χ1) is 4.33. The summed E-state index contributed by atoms with van der Waals surface area (Å²) in [6.45, 7) is 3.68. The molecule has 0 aliphatic rings. The molecule has 0 saturated carbocycles. The molecule has 2 heteroatoms. The molecule has 2 nitrogen and oxygen atoms in total. The van der Waals surface area contributed by atoms with Crippen molar-refractivity contribution in [3.8, 4) is 0 Å². The molecular formula is C7H9N2. The summed E-state index contributed by atoms with van der Waals surface area (Å²) in [5.74, 6) is 0. The van der Waals surface area contributed by atoms with Gasteiger partial charge >= 0.3 is 0 Å². The van der Waals surface area contributed by atoms with E-state index in [1.165, 1.54) is 0 Å². The Kier molecular flexibility index (Phi) is 1.68. The summed E-state index contributed by atoms with van der Waals surface area (Å²) < 4.78 is 0. The van der Waals surface area contributed by atoms with Crippen molar-refractivity contribution in [2.24, 2.45) is 0 Å². The number of nitrogens with zero attached hydrogens (tertiary/aromatic N) is 1. The van der Waals surface area contributed by atoms with Crippen LogP contribution in [0.5, 0.6) is 0 Å². The van der Waals surface area contributed by atoms with E-state index >= 15 is 0 Å². The fraction of sp³-hybridized carbons (Fsp3) is 0.143. The van der Waals surface area contributed by atoms with Crippen LogP contribution in [-0.4, -0.2) is 4.98 Å². The summed E-state index contributed by atoms with van der Waals surface area (Å²) in [4.78, 5) is 4.01. The molecule has 1 radical (unpaired) electrons. The van der Waals surface area contributed by atoms with Gasteiger partial charge in [0.1, 0.15) is 0 Å². The van der Waals surface area contributed by atoms with E-state index < -0.39 is 0 Å². The highest BCUT2D eigenvalue weighted by Crippen LogP contribution is 2.00. The number of nitrogens with two attached hydrogens (primary N) is 1. The standard InChI is InChI=1S/C7H9N2/c1-2-7-4-3-6(8)5-9-7/h3-5H,1-2,8H2. The third-order valence-corrected chi connectivity index (χ3v) is 1.10. The van der Waals surface area contributed by atoms with Crippen LogP contribution in [0.3, 0.4) is 0 Å². The smallest absolute Gasteiger partial charge is 0.0501 e. The zero-order valence-corrected chi connectivity index (χ0v) is 5.17. The molecule has 0 fully saturated rings. The molecule has 1 aromatic rings. The third-order valence-electron chi connectivity index (χ3n) is 1.10. The lowest BCUT2D eigenvalue weighted by Crippen LogP contribution is -1.89. The highest BCUT2D eigenvalue weighted by molar-refractivity contribution is 5.34. The van der Waals surface area contributed by atoms with E-state index in [1.54, 1.807) is 6.20 Å². The van der Waals surface area contributed by atoms with Gasteiger partial charge in [0.25, 0.3) is 0 Å². The van der Waals surface area contributed by atoms with Crippen LogP contribution < -0.4 is 5.73 Å². The zero-order valence-electron chi connectivity index (χ0n) is 5.17. The van der Waals surface area contributed by atoms with Crippen LogP contribution in [0.4, 0.5) is 5.69 Å². The summed E-state index contributed by atoms with van der Waals surface area (Å²) in [5, 5.41) is 0. The Morgan fingerprint density at radius 3 is 2.78 bits per heavy atom. The van der Waals surface area contributed by atoms with Crippen molar-refractivity contribution in [3.05, 3.63) is 30.9 Å². The number of pyridine rings is 1. The molecule has 0 aliphatic carbocycles. The number of hydrogen-bond donors (Lipinski definition) is 1. The van der Waals surface area contributed by atoms with E-state index in [9.17, 15) is 0 Å². The van der Waals surface area contributed by atoms with Gasteiger partial charge in [-0.2, -0.15) is 0 Å². The SMILES string of the molecule is [CH2]Cc1ccc(N)cn1. The quantitative estimate of drug-likeness (QED) is 0.603. The summed E-state index contributed by atoms with van der Waals surface area (Å²) in [6.07, 6.45) is 2.36. The lowest BCUT2D eigenvalue weighted by molar-refractivity contribution is 1.11. The number of rotatable bonds is 1. The lowest BCUT2D eigenvalue weighted by Gasteiger charge is -1.93. The molecule has 1 aromatic heterocycles. The Hall–Kier alpha value is -1.05. The van der Waals surface area contributed by atoms with Crippen LogP contribution in [0.2, 0.25) is 0 Å². The fourth-order valence-corrected chi connectivity index (χ4v) is 0.584. The molecular weight excluding hydrogens is 112 g/mol. The number of hydrogen-bond acceptors (Lipinski definition) is 2. The van der Waals surface area contributed by atoms with E-state index in [0.29, 0.717) is 5.69 Å². The normalized spacial score (nSPS) is 9.44. The van der Waals surface area contributed by atoms with E-state index in [0.717, 1.165) is 12.1 Å². The molecule has 0 unspecified atom stereocenters. The molecule has 0 aliphatic heterocycles. The molecule has 1 rings (SSSR count). The van der Waals surface area contributed by atoms with Gasteiger partial charge in [-0.15, -0.1) is 0 Å². The fourth-order valence-electron chi connectivity index (χ4n) is 0.584. The van der Waals surface area contributed by atoms with Gasteiger partial charge in [-0.3, -0.25) is 4.98 Å². The number of aromatic nitrogens is 1. The van der Waals surface area contributed by atoms with Gasteiger partial charge in [0, 0.05) is 5.69 Å². The van der Waals surface area contributed by atoms with Gasteiger partial charge in [0.05, 0.1) is 11.9 Å². The second-order valence-electron chi connectivity index (χ2n) is 1.83. The molecule has 1 heterocycles. The van der Waals surface area contributed by atoms with Gasteiger partial charge < -0.3 is 5.73 Å². The van der Waals surface area contributed by atoms with Crippen molar-refractivity contribution in [1.82, 2.24) is 4.98 Å². The van der Waals surface area contributed by atoms with Crippen molar-refractivity contribution in [2.45, 2.75) is 6.42 Å². The molecule has 47 valence electrons. The largest absolute Gasteiger partial charge is 0.397 e. The molecule has 0 aromatic carbocycles. The maximum Gasteiger partial charge on any atom is 0.0501 e. The minimum absolute atomic E-state index is 0.701. The van der Waals surface area contributed by atoms with E-state index in [1.807, 2.05) is 12.1 Å². The Morgan fingerprint density at radius 1 is 1.56 bits per heavy atom. The second kappa shape index (κ2) is 2.49. The molecule has 2 N–H and O–H groups in total. The average Bonchev–Trinajstić information content (AvgIpc) is 1.90. The van der Waals surface area contributed by atoms with Crippen molar-refractivity contribution in [2.75, 3.05) is 5.73 Å². The van der Waals surface area contributed by atoms with Gasteiger partial charge in [-0.25, -0.2) is 0 Å². The first kappa shape index (κ1) is 6.08. The van der Waals surface area contributed by atoms with E-state index in [-0.39, 0.29) is 0 Å². The van der Waals surface area contributed by atoms with Crippen LogP contribution in [0.15, 0.2) is 18.3 Å². The third kappa shape index (κ3) is 1.42. The minimum Gasteiger partial charge on any atom is -0.397 e. The van der Waals surface area contributed by atoms with E-state index in [2.05, 4.69) is 11.9 Å². The predicted octanol–water partition coefficient (Wildman–Crippen LogP) is 1.04. The molecule has 0 bridgehead atoms. The molecule has 0 atom stereocenters. The highest BCUT2D eigenvalue weighted by atomic mass is 14.7. The maximum atomic E-state index is 5.40. The molecule has 0 saturated heterocycles. The predicted molar refractivity (Wildman–Crippen MR) is 37.7 cm³/mol. The highest BCUT2D eigenvalue weighted by Gasteiger charge is 1.86. The summed E-state index contributed by atoms with van der Waals surface area (Å²) >= 11 is 0. The Labute approximate surface area is 54.7 Å². The second-order valence-corrected chi connectivity index (χ2v) is 1.83. The average molecular weight is 121 g/mol. The zero-order chi connectivity index (χ0) is 6.69. The van der Waals surface area contributed by atoms with Gasteiger partial charge in [-0.1, -0.05) is 0 Å². The first-order valence-corrected chi connectivity index (χ1v) is 2.82. The topological polar surface area (TPSA) is 38.9 Å². The monoisotopic (exact) mass is 121 g/mol. The maximum absolute atomic E-state index is 5.40.